The summed E-state index contributed by atoms with van der Waals surface area (Å²) in [5.41, 5.74) is 5.71. The Morgan fingerprint density at radius 2 is 2.06 bits per heavy atom. The highest BCUT2D eigenvalue weighted by atomic mass is 79.9. The minimum Gasteiger partial charge on any atom is -0.484 e. The number of thiophene rings is 1. The molecule has 0 bridgehead atoms. The van der Waals surface area contributed by atoms with Gasteiger partial charge in [0.2, 0.25) is 0 Å². The SMILES string of the molecule is NCC(Oc1ccc(F)c(Br)c1)c1ccc(Br)s1. The van der Waals surface area contributed by atoms with Crippen molar-refractivity contribution < 1.29 is 9.13 Å². The van der Waals surface area contributed by atoms with Crippen molar-refractivity contribution in [2.24, 2.45) is 5.73 Å². The minimum atomic E-state index is -0.314. The second-order valence-electron chi connectivity index (χ2n) is 3.56. The molecule has 2 nitrogen and oxygen atoms in total. The number of benzene rings is 1. The van der Waals surface area contributed by atoms with Crippen molar-refractivity contribution in [3.05, 3.63) is 49.3 Å². The molecule has 0 amide bonds. The molecule has 1 atom stereocenters. The van der Waals surface area contributed by atoms with E-state index in [0.717, 1.165) is 8.66 Å². The largest absolute Gasteiger partial charge is 0.484 e. The fraction of sp³-hybridized carbons (Fsp3) is 0.167. The van der Waals surface area contributed by atoms with Crippen LogP contribution in [-0.4, -0.2) is 6.54 Å². The standard InChI is InChI=1S/C12H10Br2FNOS/c13-8-5-7(1-2-9(8)15)17-10(6-16)11-3-4-12(14)18-11/h1-5,10H,6,16H2. The molecule has 18 heavy (non-hydrogen) atoms. The second-order valence-corrected chi connectivity index (χ2v) is 6.91. The third-order valence-corrected chi connectivity index (χ3v) is 4.62. The van der Waals surface area contributed by atoms with Crippen LogP contribution in [0.2, 0.25) is 0 Å². The minimum absolute atomic E-state index is 0.223. The van der Waals surface area contributed by atoms with Gasteiger partial charge in [-0.25, -0.2) is 4.39 Å². The maximum atomic E-state index is 13.1. The summed E-state index contributed by atoms with van der Waals surface area (Å²) in [6.45, 7) is 0.363. The van der Waals surface area contributed by atoms with E-state index in [2.05, 4.69) is 31.9 Å². The van der Waals surface area contributed by atoms with Crippen LogP contribution >= 0.6 is 43.2 Å². The number of ether oxygens (including phenoxy) is 1. The van der Waals surface area contributed by atoms with Crippen molar-refractivity contribution in [2.45, 2.75) is 6.10 Å². The Bertz CT molecular complexity index is 547. The first kappa shape index (κ1) is 14.0. The van der Waals surface area contributed by atoms with Gasteiger partial charge in [-0.1, -0.05) is 0 Å². The lowest BCUT2D eigenvalue weighted by atomic mass is 10.3. The monoisotopic (exact) mass is 393 g/mol. The third kappa shape index (κ3) is 3.32. The van der Waals surface area contributed by atoms with Crippen molar-refractivity contribution in [1.82, 2.24) is 0 Å². The average Bonchev–Trinajstić information content (AvgIpc) is 2.77. The Kier molecular flexibility index (Phi) is 4.77. The molecule has 0 spiro atoms. The molecular formula is C12H10Br2FNOS. The van der Waals surface area contributed by atoms with Crippen LogP contribution < -0.4 is 10.5 Å². The predicted octanol–water partition coefficient (Wildman–Crippen LogP) is 4.49. The quantitative estimate of drug-likeness (QED) is 0.828. The molecule has 0 aliphatic rings. The Hall–Kier alpha value is -0.430. The molecule has 0 saturated carbocycles. The van der Waals surface area contributed by atoms with E-state index in [1.54, 1.807) is 23.5 Å². The van der Waals surface area contributed by atoms with Crippen molar-refractivity contribution in [1.29, 1.82) is 0 Å². The molecule has 1 unspecified atom stereocenters. The average molecular weight is 395 g/mol. The van der Waals surface area contributed by atoms with E-state index < -0.39 is 0 Å². The molecule has 2 rings (SSSR count). The van der Waals surface area contributed by atoms with Crippen LogP contribution in [-0.2, 0) is 0 Å². The van der Waals surface area contributed by atoms with E-state index in [1.807, 2.05) is 12.1 Å². The molecule has 0 saturated heterocycles. The van der Waals surface area contributed by atoms with Crippen molar-refractivity contribution in [3.63, 3.8) is 0 Å². The molecule has 0 aliphatic heterocycles. The lowest BCUT2D eigenvalue weighted by Crippen LogP contribution is -2.17. The lowest BCUT2D eigenvalue weighted by molar-refractivity contribution is 0.217. The van der Waals surface area contributed by atoms with Crippen LogP contribution in [0.1, 0.15) is 11.0 Å². The van der Waals surface area contributed by atoms with Crippen LogP contribution in [0.5, 0.6) is 5.75 Å². The van der Waals surface area contributed by atoms with Gasteiger partial charge in [0.1, 0.15) is 17.7 Å². The van der Waals surface area contributed by atoms with Gasteiger partial charge in [-0.3, -0.25) is 0 Å². The smallest absolute Gasteiger partial charge is 0.145 e. The van der Waals surface area contributed by atoms with Gasteiger partial charge in [-0.05, 0) is 62.2 Å². The Balaban J connectivity index is 2.17. The zero-order chi connectivity index (χ0) is 13.1. The zero-order valence-corrected chi connectivity index (χ0v) is 13.2. The molecule has 96 valence electrons. The van der Waals surface area contributed by atoms with Crippen LogP contribution in [0.3, 0.4) is 0 Å². The highest BCUT2D eigenvalue weighted by Crippen LogP contribution is 2.31. The fourth-order valence-corrected chi connectivity index (χ4v) is 3.26. The molecule has 1 heterocycles. The number of rotatable bonds is 4. The first-order chi connectivity index (χ1) is 8.60. The molecular weight excluding hydrogens is 385 g/mol. The molecule has 6 heteroatoms. The number of halogens is 3. The fourth-order valence-electron chi connectivity index (χ4n) is 1.44. The van der Waals surface area contributed by atoms with Crippen LogP contribution in [0.25, 0.3) is 0 Å². The summed E-state index contributed by atoms with van der Waals surface area (Å²) in [5, 5.41) is 0. The van der Waals surface area contributed by atoms with E-state index in [0.29, 0.717) is 16.8 Å². The van der Waals surface area contributed by atoms with E-state index in [1.165, 1.54) is 6.07 Å². The molecule has 2 aromatic rings. The summed E-state index contributed by atoms with van der Waals surface area (Å²) < 4.78 is 20.3. The zero-order valence-electron chi connectivity index (χ0n) is 9.20. The van der Waals surface area contributed by atoms with Gasteiger partial charge in [0.25, 0.3) is 0 Å². The van der Waals surface area contributed by atoms with Crippen molar-refractivity contribution in [2.75, 3.05) is 6.54 Å². The van der Waals surface area contributed by atoms with E-state index >= 15 is 0 Å². The maximum Gasteiger partial charge on any atom is 0.145 e. The first-order valence-electron chi connectivity index (χ1n) is 5.17. The van der Waals surface area contributed by atoms with Gasteiger partial charge in [0.05, 0.1) is 8.26 Å². The normalized spacial score (nSPS) is 12.4. The Morgan fingerprint density at radius 1 is 1.28 bits per heavy atom. The maximum absolute atomic E-state index is 13.1. The number of nitrogens with two attached hydrogens (primary N) is 1. The van der Waals surface area contributed by atoms with Gasteiger partial charge >= 0.3 is 0 Å². The summed E-state index contributed by atoms with van der Waals surface area (Å²) >= 11 is 8.10. The third-order valence-electron chi connectivity index (χ3n) is 2.29. The molecule has 1 aromatic heterocycles. The first-order valence-corrected chi connectivity index (χ1v) is 7.57. The van der Waals surface area contributed by atoms with Crippen molar-refractivity contribution in [3.8, 4) is 5.75 Å². The van der Waals surface area contributed by atoms with E-state index in [4.69, 9.17) is 10.5 Å². The molecule has 0 radical (unpaired) electrons. The van der Waals surface area contributed by atoms with Crippen LogP contribution in [0.4, 0.5) is 4.39 Å². The highest BCUT2D eigenvalue weighted by molar-refractivity contribution is 9.11. The number of hydrogen-bond donors (Lipinski definition) is 1. The van der Waals surface area contributed by atoms with Crippen LogP contribution in [0.15, 0.2) is 38.6 Å². The van der Waals surface area contributed by atoms with E-state index in [9.17, 15) is 4.39 Å². The summed E-state index contributed by atoms with van der Waals surface area (Å²) in [6.07, 6.45) is -0.223. The summed E-state index contributed by atoms with van der Waals surface area (Å²) in [6, 6.07) is 8.46. The van der Waals surface area contributed by atoms with Crippen molar-refractivity contribution >= 4 is 43.2 Å². The molecule has 0 aliphatic carbocycles. The lowest BCUT2D eigenvalue weighted by Gasteiger charge is -2.16. The van der Waals surface area contributed by atoms with Gasteiger partial charge in [-0.15, -0.1) is 11.3 Å². The Labute approximate surface area is 125 Å². The highest BCUT2D eigenvalue weighted by Gasteiger charge is 2.14. The van der Waals surface area contributed by atoms with Gasteiger partial charge < -0.3 is 10.5 Å². The summed E-state index contributed by atoms with van der Waals surface area (Å²) in [7, 11) is 0. The second kappa shape index (κ2) is 6.14. The van der Waals surface area contributed by atoms with Gasteiger partial charge in [0.15, 0.2) is 0 Å². The summed E-state index contributed by atoms with van der Waals surface area (Å²) in [4.78, 5) is 1.03. The predicted molar refractivity (Wildman–Crippen MR) is 78.5 cm³/mol. The number of hydrogen-bond acceptors (Lipinski definition) is 3. The summed E-state index contributed by atoms with van der Waals surface area (Å²) in [5.74, 6) is 0.272. The molecule has 0 fully saturated rings. The van der Waals surface area contributed by atoms with Gasteiger partial charge in [0, 0.05) is 11.4 Å². The Morgan fingerprint density at radius 3 is 2.61 bits per heavy atom. The van der Waals surface area contributed by atoms with E-state index in [-0.39, 0.29) is 11.9 Å². The van der Waals surface area contributed by atoms with Crippen LogP contribution in [0, 0.1) is 5.82 Å². The topological polar surface area (TPSA) is 35.2 Å². The van der Waals surface area contributed by atoms with Gasteiger partial charge in [-0.2, -0.15) is 0 Å². The molecule has 2 N–H and O–H groups in total. The molecule has 1 aromatic carbocycles.